The van der Waals surface area contributed by atoms with Crippen LogP contribution in [0.25, 0.3) is 0 Å². The third-order valence-corrected chi connectivity index (χ3v) is 5.46. The summed E-state index contributed by atoms with van der Waals surface area (Å²) in [4.78, 5) is 24.8. The highest BCUT2D eigenvalue weighted by atomic mass is 19.1. The van der Waals surface area contributed by atoms with Crippen molar-refractivity contribution in [2.75, 3.05) is 10.6 Å². The van der Waals surface area contributed by atoms with E-state index >= 15 is 0 Å². The van der Waals surface area contributed by atoms with E-state index in [9.17, 15) is 18.4 Å². The zero-order valence-corrected chi connectivity index (χ0v) is 15.3. The maximum absolute atomic E-state index is 13.0. The second kappa shape index (κ2) is 7.47. The largest absolute Gasteiger partial charge is 0.326 e. The molecule has 1 aliphatic carbocycles. The van der Waals surface area contributed by atoms with Crippen LogP contribution >= 0.6 is 0 Å². The fourth-order valence-electron chi connectivity index (χ4n) is 3.54. The van der Waals surface area contributed by atoms with Crippen LogP contribution in [0.1, 0.15) is 26.7 Å². The molecule has 2 aromatic rings. The van der Waals surface area contributed by atoms with Crippen LogP contribution in [0.4, 0.5) is 20.2 Å². The first-order chi connectivity index (χ1) is 12.8. The zero-order chi connectivity index (χ0) is 19.6. The third-order valence-electron chi connectivity index (χ3n) is 5.46. The molecule has 4 nitrogen and oxygen atoms in total. The van der Waals surface area contributed by atoms with Gasteiger partial charge in [-0.15, -0.1) is 0 Å². The van der Waals surface area contributed by atoms with Crippen LogP contribution < -0.4 is 10.6 Å². The van der Waals surface area contributed by atoms with Crippen molar-refractivity contribution in [3.8, 4) is 0 Å². The van der Waals surface area contributed by atoms with Crippen LogP contribution in [-0.2, 0) is 9.59 Å². The first-order valence-electron chi connectivity index (χ1n) is 8.87. The molecule has 2 amide bonds. The summed E-state index contributed by atoms with van der Waals surface area (Å²) in [5, 5.41) is 5.56. The normalized spacial score (nSPS) is 20.4. The van der Waals surface area contributed by atoms with Crippen LogP contribution in [0.3, 0.4) is 0 Å². The molecule has 6 heteroatoms. The molecule has 0 bridgehead atoms. The molecule has 0 aliphatic heterocycles. The van der Waals surface area contributed by atoms with Gasteiger partial charge in [-0.2, -0.15) is 0 Å². The molecule has 1 fully saturated rings. The maximum Gasteiger partial charge on any atom is 0.228 e. The second-order valence-corrected chi connectivity index (χ2v) is 7.56. The van der Waals surface area contributed by atoms with Gasteiger partial charge in [0.2, 0.25) is 11.8 Å². The van der Waals surface area contributed by atoms with Crippen LogP contribution in [0, 0.1) is 28.9 Å². The highest BCUT2D eigenvalue weighted by molar-refractivity contribution is 5.94. The van der Waals surface area contributed by atoms with Gasteiger partial charge in [0.15, 0.2) is 0 Å². The van der Waals surface area contributed by atoms with E-state index < -0.39 is 0 Å². The van der Waals surface area contributed by atoms with Gasteiger partial charge in [0.05, 0.1) is 0 Å². The summed E-state index contributed by atoms with van der Waals surface area (Å²) in [6.45, 7) is 3.95. The predicted octanol–water partition coefficient (Wildman–Crippen LogP) is 4.59. The molecule has 2 aromatic carbocycles. The van der Waals surface area contributed by atoms with Crippen molar-refractivity contribution in [2.24, 2.45) is 17.3 Å². The standard InChI is InChI=1S/C21H22F2N2O2/c1-21(2)13(12-19(26)24-16-7-3-14(22)4-8-16)11-18(21)20(27)25-17-9-5-15(23)6-10-17/h3-10,13,18H,11-12H2,1-2H3,(H,24,26)(H,25,27). The fraction of sp³-hybridized carbons (Fsp3) is 0.333. The van der Waals surface area contributed by atoms with E-state index in [1.54, 1.807) is 0 Å². The average molecular weight is 372 g/mol. The Morgan fingerprint density at radius 2 is 1.41 bits per heavy atom. The summed E-state index contributed by atoms with van der Waals surface area (Å²) in [7, 11) is 0. The summed E-state index contributed by atoms with van der Waals surface area (Å²) >= 11 is 0. The minimum absolute atomic E-state index is 0.0712. The van der Waals surface area contributed by atoms with Gasteiger partial charge >= 0.3 is 0 Å². The average Bonchev–Trinajstić information content (AvgIpc) is 2.62. The van der Waals surface area contributed by atoms with Crippen molar-refractivity contribution < 1.29 is 18.4 Å². The van der Waals surface area contributed by atoms with Crippen LogP contribution in [0.5, 0.6) is 0 Å². The monoisotopic (exact) mass is 372 g/mol. The zero-order valence-electron chi connectivity index (χ0n) is 15.3. The van der Waals surface area contributed by atoms with Crippen molar-refractivity contribution in [3.05, 3.63) is 60.2 Å². The molecule has 2 unspecified atom stereocenters. The summed E-state index contributed by atoms with van der Waals surface area (Å²) < 4.78 is 25.9. The molecule has 0 radical (unpaired) electrons. The topological polar surface area (TPSA) is 58.2 Å². The van der Waals surface area contributed by atoms with E-state index in [0.29, 0.717) is 24.2 Å². The molecule has 2 N–H and O–H groups in total. The highest BCUT2D eigenvalue weighted by Gasteiger charge is 2.51. The lowest BCUT2D eigenvalue weighted by Crippen LogP contribution is -2.51. The molecule has 27 heavy (non-hydrogen) atoms. The van der Waals surface area contributed by atoms with E-state index in [-0.39, 0.29) is 40.7 Å². The summed E-state index contributed by atoms with van der Waals surface area (Å²) in [6.07, 6.45) is 0.904. The summed E-state index contributed by atoms with van der Waals surface area (Å²) in [5.41, 5.74) is 0.767. The Labute approximate surface area is 157 Å². The molecule has 0 spiro atoms. The van der Waals surface area contributed by atoms with Crippen molar-refractivity contribution in [1.82, 2.24) is 0 Å². The molecular weight excluding hydrogens is 350 g/mol. The Hall–Kier alpha value is -2.76. The molecule has 1 aliphatic rings. The van der Waals surface area contributed by atoms with Crippen molar-refractivity contribution in [3.63, 3.8) is 0 Å². The number of halogens is 2. The minimum atomic E-state index is -0.358. The molecule has 0 heterocycles. The molecule has 0 aromatic heterocycles. The van der Waals surface area contributed by atoms with Gasteiger partial charge in [0, 0.05) is 23.7 Å². The first-order valence-corrected chi connectivity index (χ1v) is 8.87. The molecule has 0 saturated heterocycles. The second-order valence-electron chi connectivity index (χ2n) is 7.56. The Bertz CT molecular complexity index is 832. The van der Waals surface area contributed by atoms with E-state index in [2.05, 4.69) is 10.6 Å². The molecule has 2 atom stereocenters. The fourth-order valence-corrected chi connectivity index (χ4v) is 3.54. The first kappa shape index (κ1) is 19.0. The van der Waals surface area contributed by atoms with Gasteiger partial charge in [0.25, 0.3) is 0 Å². The number of amides is 2. The van der Waals surface area contributed by atoms with Gasteiger partial charge in [-0.25, -0.2) is 8.78 Å². The quantitative estimate of drug-likeness (QED) is 0.806. The predicted molar refractivity (Wildman–Crippen MR) is 100 cm³/mol. The number of rotatable bonds is 5. The van der Waals surface area contributed by atoms with E-state index in [0.717, 1.165) is 0 Å². The van der Waals surface area contributed by atoms with Gasteiger partial charge in [-0.1, -0.05) is 13.8 Å². The molecular formula is C21H22F2N2O2. The molecule has 1 saturated carbocycles. The van der Waals surface area contributed by atoms with Crippen molar-refractivity contribution in [1.29, 1.82) is 0 Å². The maximum atomic E-state index is 13.0. The van der Waals surface area contributed by atoms with Gasteiger partial charge in [-0.3, -0.25) is 9.59 Å². The van der Waals surface area contributed by atoms with Gasteiger partial charge in [0.1, 0.15) is 11.6 Å². The third kappa shape index (κ3) is 4.32. The lowest BCUT2D eigenvalue weighted by atomic mass is 9.53. The number of benzene rings is 2. The Morgan fingerprint density at radius 3 is 1.89 bits per heavy atom. The Balaban J connectivity index is 1.54. The Morgan fingerprint density at radius 1 is 0.926 bits per heavy atom. The van der Waals surface area contributed by atoms with Crippen LogP contribution in [0.2, 0.25) is 0 Å². The van der Waals surface area contributed by atoms with Crippen molar-refractivity contribution >= 4 is 23.2 Å². The lowest BCUT2D eigenvalue weighted by molar-refractivity contribution is -0.138. The van der Waals surface area contributed by atoms with E-state index in [4.69, 9.17) is 0 Å². The highest BCUT2D eigenvalue weighted by Crippen LogP contribution is 2.53. The number of carbonyl (C=O) groups excluding carboxylic acids is 2. The minimum Gasteiger partial charge on any atom is -0.326 e. The van der Waals surface area contributed by atoms with E-state index in [1.165, 1.54) is 48.5 Å². The Kier molecular flexibility index (Phi) is 5.26. The van der Waals surface area contributed by atoms with Crippen LogP contribution in [0.15, 0.2) is 48.5 Å². The number of anilines is 2. The summed E-state index contributed by atoms with van der Waals surface area (Å²) in [5.74, 6) is -1.14. The number of carbonyl (C=O) groups is 2. The number of hydrogen-bond acceptors (Lipinski definition) is 2. The van der Waals surface area contributed by atoms with Crippen molar-refractivity contribution in [2.45, 2.75) is 26.7 Å². The summed E-state index contributed by atoms with van der Waals surface area (Å²) in [6, 6.07) is 11.2. The molecule has 142 valence electrons. The van der Waals surface area contributed by atoms with E-state index in [1.807, 2.05) is 13.8 Å². The number of nitrogens with one attached hydrogen (secondary N) is 2. The smallest absolute Gasteiger partial charge is 0.228 e. The molecule has 3 rings (SSSR count). The van der Waals surface area contributed by atoms with Crippen LogP contribution in [-0.4, -0.2) is 11.8 Å². The SMILES string of the molecule is CC1(C)C(CC(=O)Nc2ccc(F)cc2)CC1C(=O)Nc1ccc(F)cc1. The lowest BCUT2D eigenvalue weighted by Gasteiger charge is -2.51. The number of hydrogen-bond donors (Lipinski definition) is 2. The van der Waals surface area contributed by atoms with Gasteiger partial charge < -0.3 is 10.6 Å². The van der Waals surface area contributed by atoms with Gasteiger partial charge in [-0.05, 0) is 66.3 Å².